The van der Waals surface area contributed by atoms with Gasteiger partial charge < -0.3 is 4.90 Å². The van der Waals surface area contributed by atoms with E-state index in [1.54, 1.807) is 11.3 Å². The van der Waals surface area contributed by atoms with Crippen LogP contribution in [0.4, 0.5) is 0 Å². The molecule has 25 heavy (non-hydrogen) atoms. The first-order valence-electron chi connectivity index (χ1n) is 9.01. The number of amides is 3. The molecule has 2 atom stereocenters. The average molecular weight is 361 g/mol. The first kappa shape index (κ1) is 16.7. The van der Waals surface area contributed by atoms with Crippen molar-refractivity contribution >= 4 is 29.1 Å². The summed E-state index contributed by atoms with van der Waals surface area (Å²) in [6.07, 6.45) is 2.23. The number of hydrogen-bond donors (Lipinski definition) is 0. The standard InChI is InChI=1S/C18H23N3O3S/c22-16-5-1-6-20(16)7-3-8-21-17(23)14-11-19(12-15(14)18(21)24)10-13-4-2-9-25-13/h2,4,9,14-15H,1,3,5-8,10-12H2/t14-,15+. The van der Waals surface area contributed by atoms with Crippen LogP contribution in [0.15, 0.2) is 17.5 Å². The summed E-state index contributed by atoms with van der Waals surface area (Å²) in [6, 6.07) is 4.12. The largest absolute Gasteiger partial charge is 0.343 e. The van der Waals surface area contributed by atoms with E-state index in [4.69, 9.17) is 0 Å². The lowest BCUT2D eigenvalue weighted by molar-refractivity contribution is -0.140. The molecule has 4 rings (SSSR count). The van der Waals surface area contributed by atoms with Gasteiger partial charge in [0.15, 0.2) is 0 Å². The quantitative estimate of drug-likeness (QED) is 0.714. The van der Waals surface area contributed by atoms with Crippen LogP contribution in [0.25, 0.3) is 0 Å². The number of fused-ring (bicyclic) bond motifs is 1. The normalized spacial score (nSPS) is 27.0. The molecule has 0 saturated carbocycles. The molecule has 3 amide bonds. The van der Waals surface area contributed by atoms with Crippen LogP contribution >= 0.6 is 11.3 Å². The van der Waals surface area contributed by atoms with Gasteiger partial charge in [-0.25, -0.2) is 0 Å². The molecule has 1 aromatic rings. The Hall–Kier alpha value is -1.73. The van der Waals surface area contributed by atoms with Crippen LogP contribution < -0.4 is 0 Å². The van der Waals surface area contributed by atoms with Gasteiger partial charge in [0.25, 0.3) is 0 Å². The van der Waals surface area contributed by atoms with Crippen molar-refractivity contribution in [2.24, 2.45) is 11.8 Å². The minimum atomic E-state index is -0.180. The molecular formula is C18H23N3O3S. The van der Waals surface area contributed by atoms with E-state index in [-0.39, 0.29) is 29.6 Å². The summed E-state index contributed by atoms with van der Waals surface area (Å²) < 4.78 is 0. The van der Waals surface area contributed by atoms with Gasteiger partial charge in [-0.2, -0.15) is 0 Å². The molecule has 7 heteroatoms. The Kier molecular flexibility index (Phi) is 4.60. The Morgan fingerprint density at radius 2 is 1.84 bits per heavy atom. The smallest absolute Gasteiger partial charge is 0.234 e. The zero-order chi connectivity index (χ0) is 17.4. The number of imide groups is 1. The van der Waals surface area contributed by atoms with E-state index in [1.165, 1.54) is 9.78 Å². The molecular weight excluding hydrogens is 338 g/mol. The van der Waals surface area contributed by atoms with Crippen LogP contribution in [-0.4, -0.2) is 65.1 Å². The maximum atomic E-state index is 12.6. The number of thiophene rings is 1. The lowest BCUT2D eigenvalue weighted by Gasteiger charge is -2.21. The number of carbonyl (C=O) groups excluding carboxylic acids is 3. The fourth-order valence-electron chi connectivity index (χ4n) is 4.23. The van der Waals surface area contributed by atoms with Crippen molar-refractivity contribution in [2.45, 2.75) is 25.8 Å². The van der Waals surface area contributed by atoms with Crippen molar-refractivity contribution in [3.8, 4) is 0 Å². The molecule has 3 aliphatic heterocycles. The summed E-state index contributed by atoms with van der Waals surface area (Å²) >= 11 is 1.71. The van der Waals surface area contributed by atoms with Crippen LogP contribution in [0.1, 0.15) is 24.1 Å². The van der Waals surface area contributed by atoms with E-state index in [1.807, 2.05) is 11.0 Å². The minimum absolute atomic E-state index is 0.0172. The fourth-order valence-corrected chi connectivity index (χ4v) is 4.97. The van der Waals surface area contributed by atoms with Gasteiger partial charge in [-0.1, -0.05) is 6.07 Å². The Labute approximate surface area is 151 Å². The highest BCUT2D eigenvalue weighted by atomic mass is 32.1. The van der Waals surface area contributed by atoms with Crippen molar-refractivity contribution in [3.05, 3.63) is 22.4 Å². The second-order valence-electron chi connectivity index (χ2n) is 7.15. The topological polar surface area (TPSA) is 60.9 Å². The van der Waals surface area contributed by atoms with Gasteiger partial charge in [0.2, 0.25) is 17.7 Å². The van der Waals surface area contributed by atoms with E-state index in [2.05, 4.69) is 16.3 Å². The molecule has 3 fully saturated rings. The second kappa shape index (κ2) is 6.88. The van der Waals surface area contributed by atoms with Gasteiger partial charge in [0.05, 0.1) is 11.8 Å². The number of hydrogen-bond acceptors (Lipinski definition) is 5. The molecule has 0 unspecified atom stereocenters. The molecule has 4 heterocycles. The highest BCUT2D eigenvalue weighted by Gasteiger charge is 2.51. The predicted molar refractivity (Wildman–Crippen MR) is 93.7 cm³/mol. The van der Waals surface area contributed by atoms with Crippen LogP contribution in [0.2, 0.25) is 0 Å². The Bertz CT molecular complexity index is 651. The monoisotopic (exact) mass is 361 g/mol. The second-order valence-corrected chi connectivity index (χ2v) is 8.18. The van der Waals surface area contributed by atoms with Crippen molar-refractivity contribution < 1.29 is 14.4 Å². The van der Waals surface area contributed by atoms with Crippen LogP contribution in [0.5, 0.6) is 0 Å². The minimum Gasteiger partial charge on any atom is -0.343 e. The molecule has 6 nitrogen and oxygen atoms in total. The summed E-state index contributed by atoms with van der Waals surface area (Å²) in [5, 5.41) is 2.05. The number of carbonyl (C=O) groups is 3. The number of nitrogens with zero attached hydrogens (tertiary/aromatic N) is 3. The van der Waals surface area contributed by atoms with Crippen LogP contribution in [0.3, 0.4) is 0 Å². The molecule has 0 aromatic carbocycles. The van der Waals surface area contributed by atoms with Gasteiger partial charge in [-0.3, -0.25) is 24.2 Å². The van der Waals surface area contributed by atoms with Gasteiger partial charge in [0.1, 0.15) is 0 Å². The summed E-state index contributed by atoms with van der Waals surface area (Å²) in [5.41, 5.74) is 0. The molecule has 0 radical (unpaired) electrons. The average Bonchev–Trinajstić information content (AvgIpc) is 3.35. The highest BCUT2D eigenvalue weighted by molar-refractivity contribution is 7.09. The molecule has 134 valence electrons. The van der Waals surface area contributed by atoms with Crippen molar-refractivity contribution in [1.29, 1.82) is 0 Å². The van der Waals surface area contributed by atoms with Crippen LogP contribution in [0, 0.1) is 11.8 Å². The Morgan fingerprint density at radius 3 is 2.44 bits per heavy atom. The molecule has 0 N–H and O–H groups in total. The van der Waals surface area contributed by atoms with E-state index < -0.39 is 0 Å². The summed E-state index contributed by atoms with van der Waals surface area (Å²) in [7, 11) is 0. The molecule has 0 aliphatic carbocycles. The molecule has 1 aromatic heterocycles. The molecule has 0 bridgehead atoms. The molecule has 3 aliphatic rings. The SMILES string of the molecule is O=C1CCCN1CCCN1C(=O)[C@H]2CN(Cc3cccs3)C[C@H]2C1=O. The summed E-state index contributed by atoms with van der Waals surface area (Å²) in [5.74, 6) is -0.199. The van der Waals surface area contributed by atoms with Gasteiger partial charge >= 0.3 is 0 Å². The first-order chi connectivity index (χ1) is 12.1. The third-order valence-electron chi connectivity index (χ3n) is 5.50. The van der Waals surface area contributed by atoms with Gasteiger partial charge in [0, 0.05) is 50.6 Å². The highest BCUT2D eigenvalue weighted by Crippen LogP contribution is 2.34. The van der Waals surface area contributed by atoms with Crippen molar-refractivity contribution in [1.82, 2.24) is 14.7 Å². The maximum Gasteiger partial charge on any atom is 0.234 e. The Balaban J connectivity index is 1.30. The van der Waals surface area contributed by atoms with Crippen molar-refractivity contribution in [2.75, 3.05) is 32.7 Å². The molecule has 3 saturated heterocycles. The Morgan fingerprint density at radius 1 is 1.08 bits per heavy atom. The molecule has 0 spiro atoms. The lowest BCUT2D eigenvalue weighted by atomic mass is 10.00. The third-order valence-corrected chi connectivity index (χ3v) is 6.36. The summed E-state index contributed by atoms with van der Waals surface area (Å²) in [4.78, 5) is 43.7. The zero-order valence-corrected chi connectivity index (χ0v) is 15.0. The summed E-state index contributed by atoms with van der Waals surface area (Å²) in [6.45, 7) is 4.07. The maximum absolute atomic E-state index is 12.6. The first-order valence-corrected chi connectivity index (χ1v) is 9.89. The number of likely N-dealkylation sites (tertiary alicyclic amines) is 3. The predicted octanol–water partition coefficient (Wildman–Crippen LogP) is 1.18. The third kappa shape index (κ3) is 3.22. The van der Waals surface area contributed by atoms with E-state index in [0.29, 0.717) is 39.0 Å². The van der Waals surface area contributed by atoms with Gasteiger partial charge in [-0.15, -0.1) is 11.3 Å². The van der Waals surface area contributed by atoms with E-state index >= 15 is 0 Å². The lowest BCUT2D eigenvalue weighted by Crippen LogP contribution is -2.38. The zero-order valence-electron chi connectivity index (χ0n) is 14.2. The number of rotatable bonds is 6. The van der Waals surface area contributed by atoms with E-state index in [9.17, 15) is 14.4 Å². The van der Waals surface area contributed by atoms with Crippen LogP contribution in [-0.2, 0) is 20.9 Å². The van der Waals surface area contributed by atoms with Gasteiger partial charge in [-0.05, 0) is 24.3 Å². The van der Waals surface area contributed by atoms with E-state index in [0.717, 1.165) is 19.5 Å². The van der Waals surface area contributed by atoms with Crippen molar-refractivity contribution in [3.63, 3.8) is 0 Å². The fraction of sp³-hybridized carbons (Fsp3) is 0.611.